The van der Waals surface area contributed by atoms with Crippen molar-refractivity contribution >= 4 is 5.91 Å². The van der Waals surface area contributed by atoms with Crippen LogP contribution in [0, 0.1) is 11.3 Å². The van der Waals surface area contributed by atoms with Crippen LogP contribution in [0.3, 0.4) is 0 Å². The molecule has 1 saturated heterocycles. The van der Waals surface area contributed by atoms with E-state index in [0.29, 0.717) is 11.9 Å². The summed E-state index contributed by atoms with van der Waals surface area (Å²) in [5.74, 6) is 0.522. The lowest BCUT2D eigenvalue weighted by Gasteiger charge is -2.61. The number of rotatable bonds is 3. The van der Waals surface area contributed by atoms with Gasteiger partial charge in [0, 0.05) is 31.5 Å². The lowest BCUT2D eigenvalue weighted by atomic mass is 9.55. The summed E-state index contributed by atoms with van der Waals surface area (Å²) in [6.45, 7) is 8.49. The second kappa shape index (κ2) is 5.06. The van der Waals surface area contributed by atoms with Gasteiger partial charge in [0.2, 0.25) is 5.91 Å². The maximum absolute atomic E-state index is 12.6. The van der Waals surface area contributed by atoms with E-state index >= 15 is 0 Å². The predicted octanol–water partition coefficient (Wildman–Crippen LogP) is 1.65. The molecule has 0 spiro atoms. The highest BCUT2D eigenvalue weighted by molar-refractivity contribution is 5.79. The standard InChI is InChI=1S/C15H28N2O2/c1-14(2)12(10-15(14,3)19-5)17(4)13(18)11-6-8-16-9-7-11/h11-12,16H,6-10H2,1-5H3/t12-,15-/m1/s1. The summed E-state index contributed by atoms with van der Waals surface area (Å²) in [4.78, 5) is 14.6. The molecule has 1 aliphatic heterocycles. The summed E-state index contributed by atoms with van der Waals surface area (Å²) in [7, 11) is 3.73. The Morgan fingerprint density at radius 3 is 2.32 bits per heavy atom. The molecule has 2 rings (SSSR count). The van der Waals surface area contributed by atoms with Gasteiger partial charge in [-0.15, -0.1) is 0 Å². The Morgan fingerprint density at radius 2 is 1.84 bits per heavy atom. The fourth-order valence-corrected chi connectivity index (χ4v) is 3.59. The molecule has 1 aliphatic carbocycles. The molecular formula is C15H28N2O2. The molecule has 2 fully saturated rings. The Bertz CT molecular complexity index is 350. The predicted molar refractivity (Wildman–Crippen MR) is 76.0 cm³/mol. The first kappa shape index (κ1) is 14.8. The Kier molecular flexibility index (Phi) is 3.94. The monoisotopic (exact) mass is 268 g/mol. The normalized spacial score (nSPS) is 34.7. The number of piperidine rings is 1. The average molecular weight is 268 g/mol. The minimum atomic E-state index is -0.111. The molecule has 0 radical (unpaired) electrons. The van der Waals surface area contributed by atoms with Crippen LogP contribution in [0.5, 0.6) is 0 Å². The number of amides is 1. The molecule has 0 unspecified atom stereocenters. The van der Waals surface area contributed by atoms with Gasteiger partial charge in [0.05, 0.1) is 5.60 Å². The average Bonchev–Trinajstić information content (AvgIpc) is 2.43. The van der Waals surface area contributed by atoms with Crippen molar-refractivity contribution < 1.29 is 9.53 Å². The Balaban J connectivity index is 2.01. The molecule has 0 bridgehead atoms. The highest BCUT2D eigenvalue weighted by atomic mass is 16.5. The maximum Gasteiger partial charge on any atom is 0.225 e. The van der Waals surface area contributed by atoms with Crippen molar-refractivity contribution in [2.75, 3.05) is 27.2 Å². The van der Waals surface area contributed by atoms with Crippen LogP contribution >= 0.6 is 0 Å². The zero-order valence-electron chi connectivity index (χ0n) is 13.0. The van der Waals surface area contributed by atoms with Gasteiger partial charge in [-0.25, -0.2) is 0 Å². The van der Waals surface area contributed by atoms with E-state index in [1.54, 1.807) is 7.11 Å². The van der Waals surface area contributed by atoms with Gasteiger partial charge in [-0.05, 0) is 39.3 Å². The van der Waals surface area contributed by atoms with Crippen molar-refractivity contribution in [3.8, 4) is 0 Å². The molecule has 2 aliphatic rings. The first-order chi connectivity index (χ1) is 8.83. The summed E-state index contributed by atoms with van der Waals surface area (Å²) in [6, 6.07) is 0.292. The van der Waals surface area contributed by atoms with Crippen LogP contribution in [0.15, 0.2) is 0 Å². The number of hydrogen-bond donors (Lipinski definition) is 1. The molecule has 0 aromatic carbocycles. The molecule has 4 nitrogen and oxygen atoms in total. The first-order valence-corrected chi connectivity index (χ1v) is 7.36. The van der Waals surface area contributed by atoms with Crippen LogP contribution in [0.1, 0.15) is 40.0 Å². The molecule has 4 heteroatoms. The van der Waals surface area contributed by atoms with Crippen LogP contribution in [0.2, 0.25) is 0 Å². The van der Waals surface area contributed by atoms with E-state index in [0.717, 1.165) is 32.4 Å². The van der Waals surface area contributed by atoms with E-state index in [1.165, 1.54) is 0 Å². The summed E-state index contributed by atoms with van der Waals surface area (Å²) >= 11 is 0. The second-order valence-electron chi connectivity index (χ2n) is 6.85. The molecule has 1 heterocycles. The number of carbonyl (C=O) groups is 1. The zero-order valence-corrected chi connectivity index (χ0v) is 13.0. The summed E-state index contributed by atoms with van der Waals surface area (Å²) in [6.07, 6.45) is 2.87. The van der Waals surface area contributed by atoms with Crippen LogP contribution in [0.4, 0.5) is 0 Å². The summed E-state index contributed by atoms with van der Waals surface area (Å²) < 4.78 is 5.65. The highest BCUT2D eigenvalue weighted by Crippen LogP contribution is 2.53. The van der Waals surface area contributed by atoms with Crippen LogP contribution in [0.25, 0.3) is 0 Å². The van der Waals surface area contributed by atoms with Gasteiger partial charge >= 0.3 is 0 Å². The SMILES string of the molecule is CO[C@]1(C)C[C@@H](N(C)C(=O)C2CCNCC2)C1(C)C. The van der Waals surface area contributed by atoms with Gasteiger partial charge in [-0.3, -0.25) is 4.79 Å². The molecule has 0 aromatic heterocycles. The van der Waals surface area contributed by atoms with Gasteiger partial charge < -0.3 is 15.0 Å². The first-order valence-electron chi connectivity index (χ1n) is 7.36. The third-order valence-electron chi connectivity index (χ3n) is 5.73. The third kappa shape index (κ3) is 2.29. The largest absolute Gasteiger partial charge is 0.378 e. The van der Waals surface area contributed by atoms with Crippen molar-refractivity contribution in [3.63, 3.8) is 0 Å². The van der Waals surface area contributed by atoms with E-state index in [1.807, 2.05) is 11.9 Å². The van der Waals surface area contributed by atoms with Crippen molar-refractivity contribution in [3.05, 3.63) is 0 Å². The number of ether oxygens (including phenoxy) is 1. The molecule has 1 amide bonds. The maximum atomic E-state index is 12.6. The quantitative estimate of drug-likeness (QED) is 0.846. The second-order valence-corrected chi connectivity index (χ2v) is 6.85. The molecule has 19 heavy (non-hydrogen) atoms. The van der Waals surface area contributed by atoms with Gasteiger partial charge in [0.1, 0.15) is 0 Å². The topological polar surface area (TPSA) is 41.6 Å². The fraction of sp³-hybridized carbons (Fsp3) is 0.933. The van der Waals surface area contributed by atoms with Gasteiger partial charge in [-0.2, -0.15) is 0 Å². The minimum absolute atomic E-state index is 0.0130. The molecular weight excluding hydrogens is 240 g/mol. The van der Waals surface area contributed by atoms with E-state index in [2.05, 4.69) is 26.1 Å². The Labute approximate surface area is 116 Å². The summed E-state index contributed by atoms with van der Waals surface area (Å²) in [5.41, 5.74) is -0.0978. The van der Waals surface area contributed by atoms with Crippen molar-refractivity contribution in [1.29, 1.82) is 0 Å². The van der Waals surface area contributed by atoms with E-state index in [9.17, 15) is 4.79 Å². The smallest absolute Gasteiger partial charge is 0.225 e. The highest BCUT2D eigenvalue weighted by Gasteiger charge is 2.60. The van der Waals surface area contributed by atoms with Crippen LogP contribution < -0.4 is 5.32 Å². The lowest BCUT2D eigenvalue weighted by Crippen LogP contribution is -2.69. The molecule has 0 aromatic rings. The number of carbonyl (C=O) groups excluding carboxylic acids is 1. The lowest BCUT2D eigenvalue weighted by molar-refractivity contribution is -0.208. The Morgan fingerprint density at radius 1 is 1.26 bits per heavy atom. The van der Waals surface area contributed by atoms with Crippen LogP contribution in [-0.2, 0) is 9.53 Å². The molecule has 1 N–H and O–H groups in total. The van der Waals surface area contributed by atoms with Gasteiger partial charge in [-0.1, -0.05) is 13.8 Å². The summed E-state index contributed by atoms with van der Waals surface area (Å²) in [5, 5.41) is 3.31. The molecule has 1 saturated carbocycles. The number of methoxy groups -OCH3 is 1. The van der Waals surface area contributed by atoms with Gasteiger partial charge in [0.25, 0.3) is 0 Å². The van der Waals surface area contributed by atoms with Crippen molar-refractivity contribution in [2.45, 2.75) is 51.7 Å². The number of nitrogens with one attached hydrogen (secondary N) is 1. The Hall–Kier alpha value is -0.610. The molecule has 2 atom stereocenters. The zero-order chi connectivity index (χ0) is 14.3. The fourth-order valence-electron chi connectivity index (χ4n) is 3.59. The van der Waals surface area contributed by atoms with Crippen molar-refractivity contribution in [2.24, 2.45) is 11.3 Å². The van der Waals surface area contributed by atoms with E-state index < -0.39 is 0 Å². The number of nitrogens with zero attached hydrogens (tertiary/aromatic N) is 1. The third-order valence-corrected chi connectivity index (χ3v) is 5.73. The minimum Gasteiger partial charge on any atom is -0.378 e. The molecule has 110 valence electrons. The van der Waals surface area contributed by atoms with Gasteiger partial charge in [0.15, 0.2) is 0 Å². The van der Waals surface area contributed by atoms with E-state index in [4.69, 9.17) is 4.74 Å². The number of hydrogen-bond acceptors (Lipinski definition) is 3. The van der Waals surface area contributed by atoms with Crippen molar-refractivity contribution in [1.82, 2.24) is 10.2 Å². The van der Waals surface area contributed by atoms with Crippen LogP contribution in [-0.4, -0.2) is 49.7 Å². The van der Waals surface area contributed by atoms with E-state index in [-0.39, 0.29) is 16.9 Å².